The number of carbonyl (C=O) groups excluding carboxylic acids is 1. The van der Waals surface area contributed by atoms with Crippen LogP contribution in [0.4, 0.5) is 0 Å². The molecule has 1 aliphatic rings. The van der Waals surface area contributed by atoms with E-state index in [0.717, 1.165) is 13.0 Å². The third-order valence-electron chi connectivity index (χ3n) is 3.51. The highest BCUT2D eigenvalue weighted by Gasteiger charge is 2.24. The Kier molecular flexibility index (Phi) is 3.36. The predicted molar refractivity (Wildman–Crippen MR) is 76.6 cm³/mol. The van der Waals surface area contributed by atoms with E-state index in [1.54, 1.807) is 12.1 Å². The maximum Gasteiger partial charge on any atom is 0.180 e. The Labute approximate surface area is 117 Å². The maximum absolute atomic E-state index is 12.4. The van der Waals surface area contributed by atoms with Crippen molar-refractivity contribution in [3.63, 3.8) is 0 Å². The summed E-state index contributed by atoms with van der Waals surface area (Å²) in [7, 11) is 0. The lowest BCUT2D eigenvalue weighted by molar-refractivity contribution is 0.0938. The summed E-state index contributed by atoms with van der Waals surface area (Å²) in [4.78, 5) is 12.4. The minimum absolute atomic E-state index is 0.108. The van der Waals surface area contributed by atoms with Crippen molar-refractivity contribution in [3.8, 4) is 0 Å². The number of hydrogen-bond acceptors (Lipinski definition) is 2. The normalized spacial score (nSPS) is 17.8. The first-order valence-corrected chi connectivity index (χ1v) is 6.72. The molecule has 2 nitrogen and oxygen atoms in total. The first kappa shape index (κ1) is 12.4. The number of carbonyl (C=O) groups is 1. The van der Waals surface area contributed by atoms with E-state index in [9.17, 15) is 4.79 Å². The van der Waals surface area contributed by atoms with Crippen molar-refractivity contribution >= 4 is 17.4 Å². The minimum atomic E-state index is -0.159. The summed E-state index contributed by atoms with van der Waals surface area (Å²) in [5.74, 6) is 0.108. The van der Waals surface area contributed by atoms with E-state index in [1.807, 2.05) is 24.3 Å². The molecule has 1 N–H and O–H groups in total. The van der Waals surface area contributed by atoms with Crippen LogP contribution in [-0.4, -0.2) is 11.8 Å². The van der Waals surface area contributed by atoms with E-state index in [4.69, 9.17) is 11.6 Å². The van der Waals surface area contributed by atoms with Crippen LogP contribution >= 0.6 is 11.6 Å². The fraction of sp³-hybridized carbons (Fsp3) is 0.188. The van der Waals surface area contributed by atoms with Gasteiger partial charge >= 0.3 is 0 Å². The zero-order valence-electron chi connectivity index (χ0n) is 10.4. The third-order valence-corrected chi connectivity index (χ3v) is 3.74. The predicted octanol–water partition coefficient (Wildman–Crippen LogP) is 3.24. The standard InChI is InChI=1S/C16H14ClNO/c17-14-7-3-6-12(8-14)16(19)15-9-11-4-1-2-5-13(11)10-18-15/h1-8,15,18H,9-10H2. The number of Topliss-reactive ketones (excluding diaryl/α,β-unsaturated/α-hetero) is 1. The SMILES string of the molecule is O=C(c1cccc(Cl)c1)C1Cc2ccccc2CN1. The molecule has 0 amide bonds. The van der Waals surface area contributed by atoms with Crippen LogP contribution in [0, 0.1) is 0 Å². The lowest BCUT2D eigenvalue weighted by atomic mass is 9.91. The largest absolute Gasteiger partial charge is 0.303 e. The average molecular weight is 272 g/mol. The van der Waals surface area contributed by atoms with Gasteiger partial charge in [0.2, 0.25) is 0 Å². The van der Waals surface area contributed by atoms with Crippen molar-refractivity contribution in [2.24, 2.45) is 0 Å². The fourth-order valence-electron chi connectivity index (χ4n) is 2.48. The van der Waals surface area contributed by atoms with E-state index in [0.29, 0.717) is 10.6 Å². The summed E-state index contributed by atoms with van der Waals surface area (Å²) in [6.45, 7) is 0.743. The zero-order chi connectivity index (χ0) is 13.2. The average Bonchev–Trinajstić information content (AvgIpc) is 2.46. The summed E-state index contributed by atoms with van der Waals surface area (Å²) in [5, 5.41) is 3.90. The summed E-state index contributed by atoms with van der Waals surface area (Å²) >= 11 is 5.94. The molecule has 96 valence electrons. The molecule has 0 aliphatic carbocycles. The van der Waals surface area contributed by atoms with Crippen LogP contribution in [0.5, 0.6) is 0 Å². The third kappa shape index (κ3) is 2.55. The molecule has 1 atom stereocenters. The zero-order valence-corrected chi connectivity index (χ0v) is 11.2. The summed E-state index contributed by atoms with van der Waals surface area (Å²) in [6, 6.07) is 15.2. The lowest BCUT2D eigenvalue weighted by Gasteiger charge is -2.25. The fourth-order valence-corrected chi connectivity index (χ4v) is 2.67. The van der Waals surface area contributed by atoms with E-state index >= 15 is 0 Å². The summed E-state index contributed by atoms with van der Waals surface area (Å²) < 4.78 is 0. The van der Waals surface area contributed by atoms with Gasteiger partial charge in [0.05, 0.1) is 6.04 Å². The minimum Gasteiger partial charge on any atom is -0.303 e. The smallest absolute Gasteiger partial charge is 0.180 e. The number of nitrogens with one attached hydrogen (secondary N) is 1. The second kappa shape index (κ2) is 5.16. The molecule has 0 radical (unpaired) electrons. The Morgan fingerprint density at radius 1 is 1.11 bits per heavy atom. The van der Waals surface area contributed by atoms with Crippen LogP contribution in [-0.2, 0) is 13.0 Å². The Bertz CT molecular complexity index is 624. The molecule has 0 spiro atoms. The van der Waals surface area contributed by atoms with Crippen LogP contribution < -0.4 is 5.32 Å². The molecule has 0 fully saturated rings. The molecule has 3 heteroatoms. The Morgan fingerprint density at radius 2 is 1.89 bits per heavy atom. The molecular formula is C16H14ClNO. The van der Waals surface area contributed by atoms with Crippen molar-refractivity contribution in [3.05, 3.63) is 70.2 Å². The Hall–Kier alpha value is -1.64. The van der Waals surface area contributed by atoms with E-state index in [1.165, 1.54) is 11.1 Å². The van der Waals surface area contributed by atoms with Gasteiger partial charge < -0.3 is 5.32 Å². The molecule has 2 aromatic carbocycles. The number of ketones is 1. The van der Waals surface area contributed by atoms with Gasteiger partial charge in [-0.2, -0.15) is 0 Å². The van der Waals surface area contributed by atoms with E-state index < -0.39 is 0 Å². The highest BCUT2D eigenvalue weighted by Crippen LogP contribution is 2.19. The van der Waals surface area contributed by atoms with Crippen LogP contribution in [0.2, 0.25) is 5.02 Å². The highest BCUT2D eigenvalue weighted by molar-refractivity contribution is 6.31. The second-order valence-corrected chi connectivity index (χ2v) is 5.22. The van der Waals surface area contributed by atoms with E-state index in [2.05, 4.69) is 17.4 Å². The molecule has 19 heavy (non-hydrogen) atoms. The first-order valence-electron chi connectivity index (χ1n) is 6.34. The van der Waals surface area contributed by atoms with Gasteiger partial charge in [-0.1, -0.05) is 48.0 Å². The quantitative estimate of drug-likeness (QED) is 0.850. The Morgan fingerprint density at radius 3 is 2.68 bits per heavy atom. The molecular weight excluding hydrogens is 258 g/mol. The molecule has 1 aliphatic heterocycles. The van der Waals surface area contributed by atoms with Gasteiger partial charge in [0.15, 0.2) is 5.78 Å². The highest BCUT2D eigenvalue weighted by atomic mass is 35.5. The molecule has 0 aromatic heterocycles. The topological polar surface area (TPSA) is 29.1 Å². The molecule has 3 rings (SSSR count). The molecule has 1 unspecified atom stereocenters. The summed E-state index contributed by atoms with van der Waals surface area (Å²) in [5.41, 5.74) is 3.20. The van der Waals surface area contributed by atoms with Crippen molar-refractivity contribution in [1.29, 1.82) is 0 Å². The molecule has 1 heterocycles. The van der Waals surface area contributed by atoms with Gasteiger partial charge in [0, 0.05) is 17.1 Å². The monoisotopic (exact) mass is 271 g/mol. The van der Waals surface area contributed by atoms with Crippen LogP contribution in [0.15, 0.2) is 48.5 Å². The van der Waals surface area contributed by atoms with Gasteiger partial charge in [0.1, 0.15) is 0 Å². The number of fused-ring (bicyclic) bond motifs is 1. The van der Waals surface area contributed by atoms with Crippen molar-refractivity contribution in [2.75, 3.05) is 0 Å². The van der Waals surface area contributed by atoms with E-state index in [-0.39, 0.29) is 11.8 Å². The Balaban J connectivity index is 1.83. The number of hydrogen-bond donors (Lipinski definition) is 1. The lowest BCUT2D eigenvalue weighted by Crippen LogP contribution is -2.41. The van der Waals surface area contributed by atoms with Gasteiger partial charge in [-0.3, -0.25) is 4.79 Å². The van der Waals surface area contributed by atoms with Gasteiger partial charge in [-0.05, 0) is 29.7 Å². The summed E-state index contributed by atoms with van der Waals surface area (Å²) in [6.07, 6.45) is 0.738. The number of benzene rings is 2. The molecule has 0 bridgehead atoms. The maximum atomic E-state index is 12.4. The second-order valence-electron chi connectivity index (χ2n) is 4.78. The van der Waals surface area contributed by atoms with Gasteiger partial charge in [0.25, 0.3) is 0 Å². The van der Waals surface area contributed by atoms with Crippen molar-refractivity contribution < 1.29 is 4.79 Å². The number of halogens is 1. The molecule has 0 saturated carbocycles. The number of rotatable bonds is 2. The molecule has 0 saturated heterocycles. The van der Waals surface area contributed by atoms with Gasteiger partial charge in [-0.25, -0.2) is 0 Å². The van der Waals surface area contributed by atoms with Gasteiger partial charge in [-0.15, -0.1) is 0 Å². The van der Waals surface area contributed by atoms with Crippen molar-refractivity contribution in [1.82, 2.24) is 5.32 Å². The van der Waals surface area contributed by atoms with Crippen LogP contribution in [0.25, 0.3) is 0 Å². The first-order chi connectivity index (χ1) is 9.24. The van der Waals surface area contributed by atoms with Crippen LogP contribution in [0.3, 0.4) is 0 Å². The van der Waals surface area contributed by atoms with Crippen LogP contribution in [0.1, 0.15) is 21.5 Å². The van der Waals surface area contributed by atoms with Crippen molar-refractivity contribution in [2.45, 2.75) is 19.0 Å². The molecule has 2 aromatic rings.